The second-order valence-corrected chi connectivity index (χ2v) is 3.60. The summed E-state index contributed by atoms with van der Waals surface area (Å²) >= 11 is 0. The highest BCUT2D eigenvalue weighted by Crippen LogP contribution is 2.18. The van der Waals surface area contributed by atoms with Gasteiger partial charge in [-0.3, -0.25) is 0 Å². The van der Waals surface area contributed by atoms with Gasteiger partial charge in [0.15, 0.2) is 0 Å². The van der Waals surface area contributed by atoms with Gasteiger partial charge in [0, 0.05) is 6.07 Å². The molecule has 1 aromatic carbocycles. The first-order valence-corrected chi connectivity index (χ1v) is 5.32. The van der Waals surface area contributed by atoms with Gasteiger partial charge in [-0.15, -0.1) is 0 Å². The molecule has 16 heavy (non-hydrogen) atoms. The second-order valence-electron chi connectivity index (χ2n) is 3.60. The Morgan fingerprint density at radius 2 is 2.00 bits per heavy atom. The van der Waals surface area contributed by atoms with Crippen LogP contribution in [0.4, 0.5) is 13.2 Å². The van der Waals surface area contributed by atoms with E-state index in [2.05, 4.69) is 0 Å². The molecule has 4 heteroatoms. The first-order chi connectivity index (χ1) is 7.61. The van der Waals surface area contributed by atoms with E-state index < -0.39 is 18.8 Å². The van der Waals surface area contributed by atoms with Crippen molar-refractivity contribution in [2.24, 2.45) is 0 Å². The Hall–Kier alpha value is -1.19. The Kier molecular flexibility index (Phi) is 5.15. The molecule has 0 atom stereocenters. The number of alkyl halides is 2. The lowest BCUT2D eigenvalue weighted by atomic mass is 10.1. The van der Waals surface area contributed by atoms with Crippen LogP contribution < -0.4 is 4.74 Å². The average Bonchev–Trinajstić information content (AvgIpc) is 2.23. The molecule has 0 amide bonds. The van der Waals surface area contributed by atoms with Crippen LogP contribution in [0.15, 0.2) is 18.2 Å². The normalized spacial score (nSPS) is 10.8. The first kappa shape index (κ1) is 12.9. The van der Waals surface area contributed by atoms with Crippen LogP contribution in [0.1, 0.15) is 25.3 Å². The maximum absolute atomic E-state index is 13.1. The summed E-state index contributed by atoms with van der Waals surface area (Å²) < 4.78 is 41.7. The van der Waals surface area contributed by atoms with E-state index in [9.17, 15) is 13.2 Å². The lowest BCUT2D eigenvalue weighted by Gasteiger charge is -2.08. The fourth-order valence-corrected chi connectivity index (χ4v) is 1.39. The number of hydrogen-bond donors (Lipinski definition) is 0. The third-order valence-corrected chi connectivity index (χ3v) is 2.13. The van der Waals surface area contributed by atoms with Crippen molar-refractivity contribution < 1.29 is 17.9 Å². The van der Waals surface area contributed by atoms with E-state index in [1.807, 2.05) is 6.92 Å². The third kappa shape index (κ3) is 4.55. The van der Waals surface area contributed by atoms with Crippen LogP contribution in [-0.2, 0) is 6.42 Å². The van der Waals surface area contributed by atoms with E-state index in [4.69, 9.17) is 4.74 Å². The summed E-state index contributed by atoms with van der Waals surface area (Å²) in [5, 5.41) is 0. The lowest BCUT2D eigenvalue weighted by molar-refractivity contribution is 0.0817. The highest BCUT2D eigenvalue weighted by atomic mass is 19.3. The summed E-state index contributed by atoms with van der Waals surface area (Å²) in [6.07, 6.45) is 0.142. The molecule has 0 N–H and O–H groups in total. The summed E-state index contributed by atoms with van der Waals surface area (Å²) in [5.74, 6) is -0.274. The Labute approximate surface area is 93.2 Å². The van der Waals surface area contributed by atoms with Crippen LogP contribution in [0.5, 0.6) is 5.75 Å². The molecule has 0 bridgehead atoms. The van der Waals surface area contributed by atoms with Gasteiger partial charge in [-0.05, 0) is 30.5 Å². The minimum Gasteiger partial charge on any atom is -0.488 e. The zero-order chi connectivity index (χ0) is 12.0. The van der Waals surface area contributed by atoms with E-state index in [1.165, 1.54) is 6.07 Å². The van der Waals surface area contributed by atoms with Crippen molar-refractivity contribution in [2.75, 3.05) is 6.61 Å². The highest BCUT2D eigenvalue weighted by Gasteiger charge is 2.06. The van der Waals surface area contributed by atoms with Gasteiger partial charge in [0.1, 0.15) is 18.2 Å². The van der Waals surface area contributed by atoms with Gasteiger partial charge in [0.25, 0.3) is 6.43 Å². The molecule has 0 saturated carbocycles. The molecule has 1 rings (SSSR count). The number of ether oxygens (including phenoxy) is 1. The molecule has 0 aromatic heterocycles. The molecule has 0 aliphatic heterocycles. The summed E-state index contributed by atoms with van der Waals surface area (Å²) in [6, 6.07) is 4.14. The topological polar surface area (TPSA) is 9.23 Å². The number of rotatable bonds is 6. The number of aryl methyl sites for hydroxylation is 1. The van der Waals surface area contributed by atoms with Gasteiger partial charge >= 0.3 is 0 Å². The van der Waals surface area contributed by atoms with Gasteiger partial charge < -0.3 is 4.74 Å². The summed E-state index contributed by atoms with van der Waals surface area (Å²) in [4.78, 5) is 0. The predicted octanol–water partition coefficient (Wildman–Crippen LogP) is 3.81. The lowest BCUT2D eigenvalue weighted by Crippen LogP contribution is -2.07. The molecule has 1 aromatic rings. The molecule has 0 fully saturated rings. The smallest absolute Gasteiger partial charge is 0.272 e. The van der Waals surface area contributed by atoms with Gasteiger partial charge in [0.05, 0.1) is 0 Å². The van der Waals surface area contributed by atoms with E-state index in [0.717, 1.165) is 30.9 Å². The standard InChI is InChI=1S/C12H15F3O/c1-2-3-4-9-5-10(13)7-11(6-9)16-8-12(14)15/h5-7,12H,2-4,8H2,1H3. The van der Waals surface area contributed by atoms with Crippen molar-refractivity contribution in [1.29, 1.82) is 0 Å². The van der Waals surface area contributed by atoms with E-state index in [-0.39, 0.29) is 5.75 Å². The molecular weight excluding hydrogens is 217 g/mol. The molecule has 0 saturated heterocycles. The van der Waals surface area contributed by atoms with Crippen LogP contribution in [0.3, 0.4) is 0 Å². The maximum atomic E-state index is 13.1. The van der Waals surface area contributed by atoms with E-state index >= 15 is 0 Å². The third-order valence-electron chi connectivity index (χ3n) is 2.13. The van der Waals surface area contributed by atoms with Crippen molar-refractivity contribution in [3.8, 4) is 5.75 Å². The minimum absolute atomic E-state index is 0.173. The fraction of sp³-hybridized carbons (Fsp3) is 0.500. The molecule has 0 radical (unpaired) electrons. The van der Waals surface area contributed by atoms with Crippen LogP contribution >= 0.6 is 0 Å². The van der Waals surface area contributed by atoms with Crippen LogP contribution in [0.2, 0.25) is 0 Å². The fourth-order valence-electron chi connectivity index (χ4n) is 1.39. The molecule has 0 aliphatic carbocycles. The maximum Gasteiger partial charge on any atom is 0.272 e. The Bertz CT molecular complexity index is 326. The largest absolute Gasteiger partial charge is 0.488 e. The number of hydrogen-bond acceptors (Lipinski definition) is 1. The number of benzene rings is 1. The molecule has 1 nitrogen and oxygen atoms in total. The first-order valence-electron chi connectivity index (χ1n) is 5.32. The Morgan fingerprint density at radius 3 is 2.62 bits per heavy atom. The van der Waals surface area contributed by atoms with Crippen molar-refractivity contribution >= 4 is 0 Å². The van der Waals surface area contributed by atoms with Gasteiger partial charge in [-0.25, -0.2) is 13.2 Å². The van der Waals surface area contributed by atoms with Crippen molar-refractivity contribution in [2.45, 2.75) is 32.6 Å². The zero-order valence-corrected chi connectivity index (χ0v) is 9.18. The Morgan fingerprint density at radius 1 is 1.25 bits per heavy atom. The van der Waals surface area contributed by atoms with Crippen LogP contribution in [-0.4, -0.2) is 13.0 Å². The van der Waals surface area contributed by atoms with Gasteiger partial charge in [-0.1, -0.05) is 13.3 Å². The van der Waals surface area contributed by atoms with Gasteiger partial charge in [-0.2, -0.15) is 0 Å². The van der Waals surface area contributed by atoms with E-state index in [0.29, 0.717) is 0 Å². The monoisotopic (exact) mass is 232 g/mol. The summed E-state index contributed by atoms with van der Waals surface area (Å²) in [7, 11) is 0. The molecular formula is C12H15F3O. The molecule has 0 heterocycles. The summed E-state index contributed by atoms with van der Waals surface area (Å²) in [6.45, 7) is 1.34. The van der Waals surface area contributed by atoms with Crippen LogP contribution in [0, 0.1) is 5.82 Å². The zero-order valence-electron chi connectivity index (χ0n) is 9.18. The highest BCUT2D eigenvalue weighted by molar-refractivity contribution is 5.29. The molecule has 90 valence electrons. The van der Waals surface area contributed by atoms with Crippen molar-refractivity contribution in [1.82, 2.24) is 0 Å². The van der Waals surface area contributed by atoms with Gasteiger partial charge in [0.2, 0.25) is 0 Å². The number of halogens is 3. The van der Waals surface area contributed by atoms with Crippen LogP contribution in [0.25, 0.3) is 0 Å². The SMILES string of the molecule is CCCCc1cc(F)cc(OCC(F)F)c1. The minimum atomic E-state index is -2.54. The second kappa shape index (κ2) is 6.40. The van der Waals surface area contributed by atoms with Crippen molar-refractivity contribution in [3.63, 3.8) is 0 Å². The van der Waals surface area contributed by atoms with E-state index in [1.54, 1.807) is 6.07 Å². The average molecular weight is 232 g/mol. The Balaban J connectivity index is 2.65. The molecule has 0 aliphatic rings. The summed E-state index contributed by atoms with van der Waals surface area (Å²) in [5.41, 5.74) is 0.783. The quantitative estimate of drug-likeness (QED) is 0.724. The molecule has 0 spiro atoms. The molecule has 0 unspecified atom stereocenters. The number of unbranched alkanes of at least 4 members (excludes halogenated alkanes) is 1. The predicted molar refractivity (Wildman–Crippen MR) is 56.5 cm³/mol. The van der Waals surface area contributed by atoms with Crippen molar-refractivity contribution in [3.05, 3.63) is 29.6 Å².